The lowest BCUT2D eigenvalue weighted by atomic mass is 10.0. The molecule has 0 radical (unpaired) electrons. The SMILES string of the molecule is CC(=Cc1ccccc1)CC1C=COC1. The predicted octanol–water partition coefficient (Wildman–Crippen LogP) is 3.64. The quantitative estimate of drug-likeness (QED) is 0.723. The molecule has 0 aromatic heterocycles. The third kappa shape index (κ3) is 2.98. The topological polar surface area (TPSA) is 9.23 Å². The van der Waals surface area contributed by atoms with E-state index in [1.807, 2.05) is 6.07 Å². The Morgan fingerprint density at radius 2 is 2.20 bits per heavy atom. The number of hydrogen-bond acceptors (Lipinski definition) is 1. The minimum atomic E-state index is 0.560. The molecule has 0 amide bonds. The highest BCUT2D eigenvalue weighted by molar-refractivity contribution is 5.52. The minimum absolute atomic E-state index is 0.560. The molecule has 1 heterocycles. The zero-order chi connectivity index (χ0) is 10.5. The highest BCUT2D eigenvalue weighted by Gasteiger charge is 2.10. The van der Waals surface area contributed by atoms with Crippen LogP contribution in [0.2, 0.25) is 0 Å². The molecule has 0 bridgehead atoms. The number of allylic oxidation sites excluding steroid dienone is 1. The summed E-state index contributed by atoms with van der Waals surface area (Å²) in [6.45, 7) is 3.01. The summed E-state index contributed by atoms with van der Waals surface area (Å²) in [7, 11) is 0. The summed E-state index contributed by atoms with van der Waals surface area (Å²) in [5, 5.41) is 0. The van der Waals surface area contributed by atoms with Crippen LogP contribution in [0.4, 0.5) is 0 Å². The molecule has 0 saturated heterocycles. The van der Waals surface area contributed by atoms with E-state index < -0.39 is 0 Å². The van der Waals surface area contributed by atoms with E-state index in [9.17, 15) is 0 Å². The molecule has 1 aromatic rings. The summed E-state index contributed by atoms with van der Waals surface area (Å²) in [5.74, 6) is 0.560. The molecule has 1 heteroatoms. The van der Waals surface area contributed by atoms with Crippen molar-refractivity contribution >= 4 is 6.08 Å². The second-order valence-electron chi connectivity index (χ2n) is 4.03. The smallest absolute Gasteiger partial charge is 0.0940 e. The van der Waals surface area contributed by atoms with Gasteiger partial charge in [0.1, 0.15) is 0 Å². The standard InChI is InChI=1S/C14H16O/c1-12(10-14-7-8-15-11-14)9-13-5-3-2-4-6-13/h2-9,14H,10-11H2,1H3. The van der Waals surface area contributed by atoms with Crippen LogP contribution in [0, 0.1) is 5.92 Å². The summed E-state index contributed by atoms with van der Waals surface area (Å²) >= 11 is 0. The fourth-order valence-corrected chi connectivity index (χ4v) is 1.83. The minimum Gasteiger partial charge on any atom is -0.501 e. The second kappa shape index (κ2) is 4.83. The van der Waals surface area contributed by atoms with Gasteiger partial charge < -0.3 is 4.74 Å². The van der Waals surface area contributed by atoms with E-state index in [1.54, 1.807) is 6.26 Å². The van der Waals surface area contributed by atoms with Crippen molar-refractivity contribution in [1.82, 2.24) is 0 Å². The van der Waals surface area contributed by atoms with E-state index in [1.165, 1.54) is 11.1 Å². The van der Waals surface area contributed by atoms with Crippen LogP contribution >= 0.6 is 0 Å². The molecule has 0 fully saturated rings. The van der Waals surface area contributed by atoms with Crippen LogP contribution in [-0.4, -0.2) is 6.61 Å². The molecule has 1 aliphatic heterocycles. The van der Waals surface area contributed by atoms with Crippen molar-refractivity contribution in [3.63, 3.8) is 0 Å². The molecule has 1 atom stereocenters. The molecule has 78 valence electrons. The van der Waals surface area contributed by atoms with Gasteiger partial charge in [-0.3, -0.25) is 0 Å². The van der Waals surface area contributed by atoms with Gasteiger partial charge in [-0.1, -0.05) is 42.0 Å². The zero-order valence-corrected chi connectivity index (χ0v) is 9.02. The summed E-state index contributed by atoms with van der Waals surface area (Å²) < 4.78 is 5.20. The Morgan fingerprint density at radius 1 is 1.40 bits per heavy atom. The van der Waals surface area contributed by atoms with Crippen molar-refractivity contribution in [3.05, 3.63) is 53.8 Å². The average Bonchev–Trinajstić information content (AvgIpc) is 2.71. The Kier molecular flexibility index (Phi) is 3.23. The van der Waals surface area contributed by atoms with E-state index >= 15 is 0 Å². The monoisotopic (exact) mass is 200 g/mol. The summed E-state index contributed by atoms with van der Waals surface area (Å²) in [6, 6.07) is 10.4. The van der Waals surface area contributed by atoms with Crippen LogP contribution in [0.15, 0.2) is 48.2 Å². The van der Waals surface area contributed by atoms with Crippen molar-refractivity contribution in [1.29, 1.82) is 0 Å². The van der Waals surface area contributed by atoms with Gasteiger partial charge >= 0.3 is 0 Å². The van der Waals surface area contributed by atoms with Gasteiger partial charge in [-0.15, -0.1) is 0 Å². The lowest BCUT2D eigenvalue weighted by Crippen LogP contribution is -1.99. The molecule has 0 N–H and O–H groups in total. The number of hydrogen-bond donors (Lipinski definition) is 0. The van der Waals surface area contributed by atoms with Crippen LogP contribution < -0.4 is 0 Å². The summed E-state index contributed by atoms with van der Waals surface area (Å²) in [4.78, 5) is 0. The van der Waals surface area contributed by atoms with Crippen molar-refractivity contribution < 1.29 is 4.74 Å². The van der Waals surface area contributed by atoms with Gasteiger partial charge in [0.2, 0.25) is 0 Å². The maximum Gasteiger partial charge on any atom is 0.0940 e. The first-order chi connectivity index (χ1) is 7.34. The molecule has 1 nitrogen and oxygen atoms in total. The van der Waals surface area contributed by atoms with Gasteiger partial charge in [-0.05, 0) is 25.0 Å². The predicted molar refractivity (Wildman–Crippen MR) is 63.3 cm³/mol. The average molecular weight is 200 g/mol. The normalized spacial score (nSPS) is 20.3. The Bertz CT molecular complexity index is 362. The van der Waals surface area contributed by atoms with Gasteiger partial charge in [0.05, 0.1) is 12.9 Å². The Balaban J connectivity index is 1.98. The first-order valence-electron chi connectivity index (χ1n) is 5.35. The Morgan fingerprint density at radius 3 is 2.87 bits per heavy atom. The van der Waals surface area contributed by atoms with Crippen molar-refractivity contribution in [3.8, 4) is 0 Å². The first kappa shape index (κ1) is 10.0. The number of ether oxygens (including phenoxy) is 1. The molecule has 0 saturated carbocycles. The van der Waals surface area contributed by atoms with Gasteiger partial charge in [0.25, 0.3) is 0 Å². The van der Waals surface area contributed by atoms with E-state index in [0.717, 1.165) is 13.0 Å². The molecule has 0 aliphatic carbocycles. The number of rotatable bonds is 3. The summed E-state index contributed by atoms with van der Waals surface area (Å²) in [5.41, 5.74) is 2.68. The van der Waals surface area contributed by atoms with Crippen molar-refractivity contribution in [2.45, 2.75) is 13.3 Å². The lowest BCUT2D eigenvalue weighted by Gasteiger charge is -2.06. The third-order valence-electron chi connectivity index (χ3n) is 2.55. The lowest BCUT2D eigenvalue weighted by molar-refractivity contribution is 0.249. The van der Waals surface area contributed by atoms with E-state index in [4.69, 9.17) is 4.74 Å². The molecular formula is C14H16O. The van der Waals surface area contributed by atoms with Crippen LogP contribution in [0.1, 0.15) is 18.9 Å². The maximum absolute atomic E-state index is 5.20. The molecule has 1 unspecified atom stereocenters. The van der Waals surface area contributed by atoms with Crippen molar-refractivity contribution in [2.75, 3.05) is 6.61 Å². The van der Waals surface area contributed by atoms with Crippen molar-refractivity contribution in [2.24, 2.45) is 5.92 Å². The molecule has 0 spiro atoms. The Labute approximate surface area is 91.1 Å². The maximum atomic E-state index is 5.20. The van der Waals surface area contributed by atoms with Gasteiger partial charge in [0, 0.05) is 5.92 Å². The van der Waals surface area contributed by atoms with Crippen LogP contribution in [0.25, 0.3) is 6.08 Å². The van der Waals surface area contributed by atoms with E-state index in [2.05, 4.69) is 43.3 Å². The molecule has 1 aromatic carbocycles. The summed E-state index contributed by atoms with van der Waals surface area (Å²) in [6.07, 6.45) is 7.28. The largest absolute Gasteiger partial charge is 0.501 e. The van der Waals surface area contributed by atoms with Crippen LogP contribution in [0.3, 0.4) is 0 Å². The van der Waals surface area contributed by atoms with Gasteiger partial charge in [-0.2, -0.15) is 0 Å². The number of benzene rings is 1. The molecule has 1 aliphatic rings. The highest BCUT2D eigenvalue weighted by atomic mass is 16.5. The first-order valence-corrected chi connectivity index (χ1v) is 5.35. The fourth-order valence-electron chi connectivity index (χ4n) is 1.83. The Hall–Kier alpha value is -1.50. The molecule has 2 rings (SSSR count). The van der Waals surface area contributed by atoms with E-state index in [0.29, 0.717) is 5.92 Å². The van der Waals surface area contributed by atoms with E-state index in [-0.39, 0.29) is 0 Å². The fraction of sp³-hybridized carbons (Fsp3) is 0.286. The molecule has 15 heavy (non-hydrogen) atoms. The van der Waals surface area contributed by atoms with Gasteiger partial charge in [0.15, 0.2) is 0 Å². The highest BCUT2D eigenvalue weighted by Crippen LogP contribution is 2.19. The zero-order valence-electron chi connectivity index (χ0n) is 9.02. The van der Waals surface area contributed by atoms with Crippen LogP contribution in [-0.2, 0) is 4.74 Å². The molecular weight excluding hydrogens is 184 g/mol. The van der Waals surface area contributed by atoms with Crippen LogP contribution in [0.5, 0.6) is 0 Å². The van der Waals surface area contributed by atoms with Gasteiger partial charge in [-0.25, -0.2) is 0 Å². The second-order valence-corrected chi connectivity index (χ2v) is 4.03. The third-order valence-corrected chi connectivity index (χ3v) is 2.55.